The monoisotopic (exact) mass is 120 g/mol. The van der Waals surface area contributed by atoms with E-state index in [1.54, 1.807) is 0 Å². The van der Waals surface area contributed by atoms with E-state index in [0.29, 0.717) is 0 Å². The highest BCUT2D eigenvalue weighted by Crippen LogP contribution is 1.59. The average molecular weight is 120 g/mol. The van der Waals surface area contributed by atoms with Crippen LogP contribution in [0.2, 0.25) is 0 Å². The third kappa shape index (κ3) is 3.18. The second kappa shape index (κ2) is 3.55. The van der Waals surface area contributed by atoms with Gasteiger partial charge < -0.3 is 4.74 Å². The van der Waals surface area contributed by atoms with Gasteiger partial charge >= 0.3 is 5.97 Å². The Morgan fingerprint density at radius 3 is 2.57 bits per heavy atom. The number of carbonyl (C=O) groups is 1. The molecule has 4 heteroatoms. The van der Waals surface area contributed by atoms with Crippen LogP contribution in [0.3, 0.4) is 0 Å². The van der Waals surface area contributed by atoms with E-state index in [2.05, 4.69) is 4.74 Å². The van der Waals surface area contributed by atoms with E-state index in [9.17, 15) is 9.00 Å². The molecule has 0 radical (unpaired) electrons. The number of hydrogen-bond donors (Lipinski definition) is 0. The largest absolute Gasteiger partial charge is 0.465 e. The first-order chi connectivity index (χ1) is 3.31. The Bertz CT molecular complexity index is 113. The summed E-state index contributed by atoms with van der Waals surface area (Å²) in [6.45, 7) is 0. The highest BCUT2D eigenvalue weighted by molar-refractivity contribution is 7.66. The predicted molar refractivity (Wildman–Crippen MR) is 26.2 cm³/mol. The van der Waals surface area contributed by atoms with E-state index in [-0.39, 0.29) is 11.3 Å². The van der Waals surface area contributed by atoms with E-state index < -0.39 is 5.97 Å². The standard InChI is InChI=1S/C3H4O3S/c1-6-3(4)2-7-5/h2H,1H3. The Balaban J connectivity index is 3.58. The van der Waals surface area contributed by atoms with Crippen molar-refractivity contribution in [2.75, 3.05) is 7.11 Å². The van der Waals surface area contributed by atoms with Crippen molar-refractivity contribution >= 4 is 22.6 Å². The fourth-order valence-electron chi connectivity index (χ4n) is 0.0874. The van der Waals surface area contributed by atoms with Crippen LogP contribution in [0.25, 0.3) is 0 Å². The third-order valence-electron chi connectivity index (χ3n) is 0.346. The first-order valence-corrected chi connectivity index (χ1v) is 2.31. The molecule has 0 aliphatic heterocycles. The minimum atomic E-state index is -0.597. The first-order valence-electron chi connectivity index (χ1n) is 1.51. The van der Waals surface area contributed by atoms with Crippen molar-refractivity contribution in [1.82, 2.24) is 0 Å². The summed E-state index contributed by atoms with van der Waals surface area (Å²) >= 11 is 0.0848. The number of methoxy groups -OCH3 is 1. The Morgan fingerprint density at radius 1 is 1.86 bits per heavy atom. The van der Waals surface area contributed by atoms with Crippen LogP contribution in [0.1, 0.15) is 0 Å². The molecule has 0 aromatic heterocycles. The lowest BCUT2D eigenvalue weighted by molar-refractivity contribution is -0.131. The molecule has 3 nitrogen and oxygen atoms in total. The summed E-state index contributed by atoms with van der Waals surface area (Å²) in [6.07, 6.45) is 0. The molecule has 0 aliphatic carbocycles. The van der Waals surface area contributed by atoms with Gasteiger partial charge in [-0.25, -0.2) is 9.00 Å². The highest BCUT2D eigenvalue weighted by atomic mass is 32.1. The minimum Gasteiger partial charge on any atom is -0.465 e. The molecule has 0 aromatic carbocycles. The summed E-state index contributed by atoms with van der Waals surface area (Å²) < 4.78 is 13.5. The first kappa shape index (κ1) is 6.36. The molecule has 7 heavy (non-hydrogen) atoms. The summed E-state index contributed by atoms with van der Waals surface area (Å²) in [5.74, 6) is -0.597. The molecule has 0 fully saturated rings. The number of carbonyl (C=O) groups excluding carboxylic acids is 1. The molecule has 0 N–H and O–H groups in total. The lowest BCUT2D eigenvalue weighted by Gasteiger charge is -1.81. The molecule has 0 unspecified atom stereocenters. The number of hydrogen-bond acceptors (Lipinski definition) is 3. The second-order valence-corrected chi connectivity index (χ2v) is 1.17. The highest BCUT2D eigenvalue weighted by Gasteiger charge is 1.86. The van der Waals surface area contributed by atoms with Gasteiger partial charge in [-0.15, -0.1) is 0 Å². The van der Waals surface area contributed by atoms with Gasteiger partial charge in [-0.05, 0) is 0 Å². The van der Waals surface area contributed by atoms with Gasteiger partial charge in [0.15, 0.2) is 0 Å². The van der Waals surface area contributed by atoms with Crippen LogP contribution in [-0.2, 0) is 20.8 Å². The van der Waals surface area contributed by atoms with Crippen molar-refractivity contribution < 1.29 is 13.7 Å². The van der Waals surface area contributed by atoms with Gasteiger partial charge in [0, 0.05) is 0 Å². The summed E-state index contributed by atoms with van der Waals surface area (Å²) in [6, 6.07) is 0. The number of rotatable bonds is 1. The van der Waals surface area contributed by atoms with Gasteiger partial charge in [-0.2, -0.15) is 0 Å². The quantitative estimate of drug-likeness (QED) is 0.335. The summed E-state index contributed by atoms with van der Waals surface area (Å²) in [7, 11) is 1.22. The summed E-state index contributed by atoms with van der Waals surface area (Å²) in [5.41, 5.74) is 0. The van der Waals surface area contributed by atoms with Crippen molar-refractivity contribution in [3.63, 3.8) is 0 Å². The molecule has 0 bridgehead atoms. The third-order valence-corrected chi connectivity index (χ3v) is 0.634. The molecule has 0 rings (SSSR count). The fourth-order valence-corrected chi connectivity index (χ4v) is 0.262. The lowest BCUT2D eigenvalue weighted by Crippen LogP contribution is -1.99. The van der Waals surface area contributed by atoms with Gasteiger partial charge in [-0.3, -0.25) is 0 Å². The molecule has 0 heterocycles. The van der Waals surface area contributed by atoms with Crippen LogP contribution in [-0.4, -0.2) is 22.7 Å². The zero-order valence-corrected chi connectivity index (χ0v) is 4.53. The van der Waals surface area contributed by atoms with E-state index in [4.69, 9.17) is 0 Å². The fraction of sp³-hybridized carbons (Fsp3) is 0.333. The molecular formula is C3H4O3S. The minimum absolute atomic E-state index is 0.0848. The predicted octanol–water partition coefficient (Wildman–Crippen LogP) is -0.825. The molecule has 0 aliphatic rings. The van der Waals surface area contributed by atoms with Crippen molar-refractivity contribution in [3.8, 4) is 0 Å². The molecule has 0 saturated heterocycles. The summed E-state index contributed by atoms with van der Waals surface area (Å²) in [5, 5.41) is 0.847. The van der Waals surface area contributed by atoms with Crippen LogP contribution in [0, 0.1) is 0 Å². The van der Waals surface area contributed by atoms with Crippen LogP contribution in [0.5, 0.6) is 0 Å². The normalized spacial score (nSPS) is 7.00. The average Bonchev–Trinajstić information content (AvgIpc) is 1.68. The number of ether oxygens (including phenoxy) is 1. The maximum atomic E-state index is 9.91. The SMILES string of the molecule is COC(=O)C=S=O. The van der Waals surface area contributed by atoms with Gasteiger partial charge in [0.05, 0.1) is 18.4 Å². The number of esters is 1. The van der Waals surface area contributed by atoms with Gasteiger partial charge in [-0.1, -0.05) is 0 Å². The maximum absolute atomic E-state index is 9.91. The molecule has 0 aromatic rings. The maximum Gasteiger partial charge on any atom is 0.343 e. The zero-order valence-electron chi connectivity index (χ0n) is 3.71. The van der Waals surface area contributed by atoms with Crippen molar-refractivity contribution in [2.45, 2.75) is 0 Å². The molecule has 0 amide bonds. The topological polar surface area (TPSA) is 43.4 Å². The molecule has 0 spiro atoms. The Hall–Kier alpha value is -0.640. The second-order valence-electron chi connectivity index (χ2n) is 0.737. The zero-order chi connectivity index (χ0) is 5.70. The molecule has 40 valence electrons. The van der Waals surface area contributed by atoms with Crippen molar-refractivity contribution in [1.29, 1.82) is 0 Å². The Morgan fingerprint density at radius 2 is 2.43 bits per heavy atom. The van der Waals surface area contributed by atoms with Gasteiger partial charge in [0.25, 0.3) is 0 Å². The van der Waals surface area contributed by atoms with Crippen LogP contribution in [0.4, 0.5) is 0 Å². The molecule has 0 saturated carbocycles. The van der Waals surface area contributed by atoms with Crippen LogP contribution in [0.15, 0.2) is 0 Å². The smallest absolute Gasteiger partial charge is 0.343 e. The van der Waals surface area contributed by atoms with Crippen molar-refractivity contribution in [3.05, 3.63) is 0 Å². The van der Waals surface area contributed by atoms with E-state index in [1.165, 1.54) is 7.11 Å². The molecular weight excluding hydrogens is 116 g/mol. The van der Waals surface area contributed by atoms with E-state index in [1.807, 2.05) is 0 Å². The van der Waals surface area contributed by atoms with Gasteiger partial charge in [0.1, 0.15) is 5.37 Å². The Labute approximate surface area is 44.4 Å². The summed E-state index contributed by atoms with van der Waals surface area (Å²) in [4.78, 5) is 9.91. The van der Waals surface area contributed by atoms with E-state index in [0.717, 1.165) is 5.37 Å². The van der Waals surface area contributed by atoms with Crippen LogP contribution >= 0.6 is 0 Å². The lowest BCUT2D eigenvalue weighted by atomic mass is 10.8. The van der Waals surface area contributed by atoms with Gasteiger partial charge in [0.2, 0.25) is 0 Å². The Kier molecular flexibility index (Phi) is 3.22. The van der Waals surface area contributed by atoms with Crippen LogP contribution < -0.4 is 0 Å². The van der Waals surface area contributed by atoms with E-state index >= 15 is 0 Å². The molecule has 0 atom stereocenters. The van der Waals surface area contributed by atoms with Crippen molar-refractivity contribution in [2.24, 2.45) is 0 Å².